The van der Waals surface area contributed by atoms with E-state index in [0.717, 1.165) is 6.41 Å². The minimum absolute atomic E-state index is 0.167. The van der Waals surface area contributed by atoms with E-state index in [9.17, 15) is 4.79 Å². The zero-order chi connectivity index (χ0) is 11.4. The Bertz CT molecular complexity index is 88.2. The Labute approximate surface area is 94.6 Å². The molecule has 0 aromatic carbocycles. The summed E-state index contributed by atoms with van der Waals surface area (Å²) < 4.78 is -0.750. The van der Waals surface area contributed by atoms with Crippen molar-refractivity contribution in [3.05, 3.63) is 0 Å². The number of aliphatic hydroxyl groups is 1. The maximum absolute atomic E-state index is 9.43. The van der Waals surface area contributed by atoms with Gasteiger partial charge < -0.3 is 10.0 Å². The number of carbonyl (C=O) groups is 1. The van der Waals surface area contributed by atoms with Crippen molar-refractivity contribution in [1.29, 1.82) is 0 Å². The molecule has 0 unspecified atom stereocenters. The maximum Gasteiger partial charge on any atom is 0.209 e. The molecule has 1 N–H and O–H groups in total. The van der Waals surface area contributed by atoms with E-state index in [1.807, 2.05) is 0 Å². The van der Waals surface area contributed by atoms with Crippen LogP contribution in [0.1, 0.15) is 13.8 Å². The Hall–Kier alpha value is 0.300. The van der Waals surface area contributed by atoms with Crippen molar-refractivity contribution in [3.63, 3.8) is 0 Å². The lowest BCUT2D eigenvalue weighted by molar-refractivity contribution is -0.115. The average molecular weight is 253 g/mol. The van der Waals surface area contributed by atoms with Gasteiger partial charge in [-0.15, -0.1) is 0 Å². The van der Waals surface area contributed by atoms with Gasteiger partial charge >= 0.3 is 0 Å². The highest BCUT2D eigenvalue weighted by Crippen LogP contribution is 2.03. The lowest BCUT2D eigenvalue weighted by atomic mass is 10.5. The number of amides is 1. The van der Waals surface area contributed by atoms with E-state index in [1.54, 1.807) is 27.9 Å². The largest absolute Gasteiger partial charge is 0.394 e. The third-order valence-electron chi connectivity index (χ3n) is 0.211. The van der Waals surface area contributed by atoms with Crippen LogP contribution >= 0.6 is 34.8 Å². The molecule has 6 heteroatoms. The molecule has 0 radical (unpaired) electrons. The Morgan fingerprint density at radius 3 is 1.31 bits per heavy atom. The summed E-state index contributed by atoms with van der Waals surface area (Å²) in [5.74, 6) is 0. The molecule has 82 valence electrons. The Balaban J connectivity index is -0.000000117. The second-order valence-electron chi connectivity index (χ2n) is 2.41. The van der Waals surface area contributed by atoms with Crippen molar-refractivity contribution < 1.29 is 9.90 Å². The van der Waals surface area contributed by atoms with Crippen molar-refractivity contribution in [3.8, 4) is 0 Å². The van der Waals surface area contributed by atoms with E-state index in [2.05, 4.69) is 0 Å². The first-order valence-electron chi connectivity index (χ1n) is 3.46. The number of rotatable bonds is 1. The number of alkyl halides is 3. The highest BCUT2D eigenvalue weighted by atomic mass is 35.6. The number of hydrogen-bond donors (Lipinski definition) is 1. The smallest absolute Gasteiger partial charge is 0.209 e. The van der Waals surface area contributed by atoms with E-state index in [4.69, 9.17) is 39.9 Å². The standard InChI is InChI=1S/C3H7NO.C3H8O.CHCl3/c1-4(2)3-5;1-3(2)4;2-1(3)4/h3H,1-2H3;3-4H,1-2H3;1H. The molecule has 0 fully saturated rings. The molecular weight excluding hydrogens is 236 g/mol. The third kappa shape index (κ3) is 247. The molecule has 0 aliphatic heterocycles. The van der Waals surface area contributed by atoms with Crippen molar-refractivity contribution in [2.45, 2.75) is 24.2 Å². The van der Waals surface area contributed by atoms with Gasteiger partial charge in [-0.25, -0.2) is 0 Å². The van der Waals surface area contributed by atoms with E-state index < -0.39 is 4.30 Å². The minimum atomic E-state index is -0.750. The van der Waals surface area contributed by atoms with Gasteiger partial charge in [0.2, 0.25) is 6.41 Å². The summed E-state index contributed by atoms with van der Waals surface area (Å²) >= 11 is 14.4. The second-order valence-corrected chi connectivity index (χ2v) is 4.39. The van der Waals surface area contributed by atoms with Crippen LogP contribution in [-0.2, 0) is 4.79 Å². The lowest BCUT2D eigenvalue weighted by Gasteiger charge is -1.93. The fourth-order valence-corrected chi connectivity index (χ4v) is 0. The maximum atomic E-state index is 9.43. The fraction of sp³-hybridized carbons (Fsp3) is 0.857. The van der Waals surface area contributed by atoms with Crippen molar-refractivity contribution >= 4 is 41.2 Å². The van der Waals surface area contributed by atoms with Crippen LogP contribution in [0.4, 0.5) is 0 Å². The topological polar surface area (TPSA) is 40.5 Å². The Morgan fingerprint density at radius 1 is 1.23 bits per heavy atom. The minimum Gasteiger partial charge on any atom is -0.394 e. The molecule has 0 saturated carbocycles. The van der Waals surface area contributed by atoms with Gasteiger partial charge in [-0.3, -0.25) is 4.79 Å². The first-order valence-corrected chi connectivity index (χ1v) is 4.77. The van der Waals surface area contributed by atoms with Gasteiger partial charge in [-0.05, 0) is 13.8 Å². The monoisotopic (exact) mass is 251 g/mol. The predicted molar refractivity (Wildman–Crippen MR) is 58.5 cm³/mol. The Kier molecular flexibility index (Phi) is 21.6. The van der Waals surface area contributed by atoms with E-state index in [-0.39, 0.29) is 6.10 Å². The molecule has 0 rings (SSSR count). The van der Waals surface area contributed by atoms with Gasteiger partial charge in [0.25, 0.3) is 0 Å². The average Bonchev–Trinajstić information content (AvgIpc) is 1.84. The zero-order valence-electron chi connectivity index (χ0n) is 8.17. The molecule has 3 nitrogen and oxygen atoms in total. The molecule has 0 aliphatic rings. The molecule has 0 aromatic rings. The predicted octanol–water partition coefficient (Wildman–Crippen LogP) is 2.08. The van der Waals surface area contributed by atoms with E-state index >= 15 is 0 Å². The molecule has 0 heterocycles. The first-order chi connectivity index (χ1) is 5.73. The summed E-state index contributed by atoms with van der Waals surface area (Å²) in [4.78, 5) is 10.9. The summed E-state index contributed by atoms with van der Waals surface area (Å²) in [6.45, 7) is 3.44. The van der Waals surface area contributed by atoms with Crippen LogP contribution in [0, 0.1) is 0 Å². The molecule has 13 heavy (non-hydrogen) atoms. The quantitative estimate of drug-likeness (QED) is 0.573. The van der Waals surface area contributed by atoms with Crippen molar-refractivity contribution in [2.24, 2.45) is 0 Å². The lowest BCUT2D eigenvalue weighted by Crippen LogP contribution is -2.06. The highest BCUT2D eigenvalue weighted by molar-refractivity contribution is 6.63. The first kappa shape index (κ1) is 19.0. The van der Waals surface area contributed by atoms with E-state index in [1.165, 1.54) is 4.90 Å². The number of hydrogen-bond acceptors (Lipinski definition) is 2. The van der Waals surface area contributed by atoms with Crippen LogP contribution in [0.15, 0.2) is 0 Å². The molecular formula is C7H16Cl3NO2. The molecule has 0 atom stereocenters. The molecule has 0 aliphatic carbocycles. The molecule has 0 saturated heterocycles. The van der Waals surface area contributed by atoms with Crippen LogP contribution < -0.4 is 0 Å². The number of carbonyl (C=O) groups excluding carboxylic acids is 1. The van der Waals surface area contributed by atoms with E-state index in [0.29, 0.717) is 0 Å². The van der Waals surface area contributed by atoms with Gasteiger partial charge in [0.05, 0.1) is 0 Å². The second kappa shape index (κ2) is 14.8. The fourth-order valence-electron chi connectivity index (χ4n) is 0. The van der Waals surface area contributed by atoms with Gasteiger partial charge in [0.15, 0.2) is 4.30 Å². The number of nitrogens with zero attached hydrogens (tertiary/aromatic N) is 1. The van der Waals surface area contributed by atoms with Crippen LogP contribution in [0.3, 0.4) is 0 Å². The van der Waals surface area contributed by atoms with Crippen molar-refractivity contribution in [1.82, 2.24) is 4.90 Å². The van der Waals surface area contributed by atoms with Crippen LogP contribution in [0.25, 0.3) is 0 Å². The molecule has 0 aromatic heterocycles. The third-order valence-corrected chi connectivity index (χ3v) is 0.211. The van der Waals surface area contributed by atoms with Gasteiger partial charge in [-0.2, -0.15) is 0 Å². The van der Waals surface area contributed by atoms with Gasteiger partial charge in [0.1, 0.15) is 0 Å². The summed E-state index contributed by atoms with van der Waals surface area (Å²) in [5.41, 5.74) is 0. The molecule has 0 bridgehead atoms. The number of halogens is 3. The summed E-state index contributed by atoms with van der Waals surface area (Å²) in [6.07, 6.45) is 0.583. The van der Waals surface area contributed by atoms with Crippen LogP contribution in [-0.4, -0.2) is 40.9 Å². The molecule has 0 spiro atoms. The Morgan fingerprint density at radius 2 is 1.31 bits per heavy atom. The highest BCUT2D eigenvalue weighted by Gasteiger charge is 1.78. The van der Waals surface area contributed by atoms with Crippen LogP contribution in [0.2, 0.25) is 0 Å². The normalized spacial score (nSPS) is 8.15. The summed E-state index contributed by atoms with van der Waals surface area (Å²) in [7, 11) is 3.38. The summed E-state index contributed by atoms with van der Waals surface area (Å²) in [5, 5.41) is 8.06. The van der Waals surface area contributed by atoms with Gasteiger partial charge in [-0.1, -0.05) is 34.8 Å². The summed E-state index contributed by atoms with van der Waals surface area (Å²) in [6, 6.07) is 0. The zero-order valence-corrected chi connectivity index (χ0v) is 10.4. The van der Waals surface area contributed by atoms with Crippen LogP contribution in [0.5, 0.6) is 0 Å². The molecule has 1 amide bonds. The van der Waals surface area contributed by atoms with Crippen molar-refractivity contribution in [2.75, 3.05) is 14.1 Å². The number of aliphatic hydroxyl groups excluding tert-OH is 1. The van der Waals surface area contributed by atoms with Gasteiger partial charge in [0, 0.05) is 20.2 Å². The SMILES string of the molecule is CC(C)O.CN(C)C=O.ClC(Cl)Cl.